The third-order valence-corrected chi connectivity index (χ3v) is 4.35. The van der Waals surface area contributed by atoms with E-state index in [1.165, 1.54) is 11.3 Å². The van der Waals surface area contributed by atoms with Crippen molar-refractivity contribution in [2.24, 2.45) is 0 Å². The zero-order chi connectivity index (χ0) is 14.4. The first-order valence-electron chi connectivity index (χ1n) is 6.85. The fourth-order valence-corrected chi connectivity index (χ4v) is 3.07. The van der Waals surface area contributed by atoms with Gasteiger partial charge in [0.05, 0.1) is 11.0 Å². The van der Waals surface area contributed by atoms with Crippen molar-refractivity contribution in [3.05, 3.63) is 27.1 Å². The fraction of sp³-hybridized carbons (Fsp3) is 0.692. The van der Waals surface area contributed by atoms with E-state index in [4.69, 9.17) is 9.84 Å². The number of hydrogen-bond acceptors (Lipinski definition) is 6. The quantitative estimate of drug-likeness (QED) is 0.473. The molecule has 20 heavy (non-hydrogen) atoms. The molecule has 0 saturated carbocycles. The topological polar surface area (TPSA) is 75.8 Å². The van der Waals surface area contributed by atoms with E-state index in [0.717, 1.165) is 38.0 Å². The van der Waals surface area contributed by atoms with Crippen molar-refractivity contribution in [3.8, 4) is 0 Å². The Morgan fingerprint density at radius 3 is 2.85 bits per heavy atom. The van der Waals surface area contributed by atoms with Gasteiger partial charge >= 0.3 is 5.00 Å². The predicted molar refractivity (Wildman–Crippen MR) is 76.9 cm³/mol. The van der Waals surface area contributed by atoms with Gasteiger partial charge in [0.25, 0.3) is 0 Å². The molecule has 0 atom stereocenters. The van der Waals surface area contributed by atoms with Gasteiger partial charge in [-0.15, -0.1) is 0 Å². The van der Waals surface area contributed by atoms with E-state index in [2.05, 4.69) is 4.90 Å². The van der Waals surface area contributed by atoms with Gasteiger partial charge in [0.1, 0.15) is 0 Å². The molecule has 0 amide bonds. The maximum atomic E-state index is 10.6. The summed E-state index contributed by atoms with van der Waals surface area (Å²) in [5.41, 5.74) is 1.02. The Morgan fingerprint density at radius 1 is 1.50 bits per heavy atom. The van der Waals surface area contributed by atoms with Crippen LogP contribution in [0.2, 0.25) is 0 Å². The molecule has 0 aliphatic carbocycles. The summed E-state index contributed by atoms with van der Waals surface area (Å²) in [6, 6.07) is 1.66. The second-order valence-corrected chi connectivity index (χ2v) is 5.86. The molecule has 1 aromatic rings. The number of aliphatic hydroxyl groups is 1. The van der Waals surface area contributed by atoms with Crippen LogP contribution >= 0.6 is 11.3 Å². The maximum absolute atomic E-state index is 10.6. The van der Waals surface area contributed by atoms with Gasteiger partial charge in [-0.25, -0.2) is 0 Å². The number of nitro groups is 1. The predicted octanol–water partition coefficient (Wildman–Crippen LogP) is 2.02. The van der Waals surface area contributed by atoms with Crippen molar-refractivity contribution < 1.29 is 14.8 Å². The molecule has 0 unspecified atom stereocenters. The standard InChI is InChI=1S/C13H20N2O4S/c16-6-1-7-19-12-2-4-14(5-3-12)9-11-8-13(15(17)18)20-10-11/h8,10,12,16H,1-7,9H2. The lowest BCUT2D eigenvalue weighted by molar-refractivity contribution is -0.380. The van der Waals surface area contributed by atoms with Gasteiger partial charge in [-0.05, 0) is 24.8 Å². The Morgan fingerprint density at radius 2 is 2.25 bits per heavy atom. The largest absolute Gasteiger partial charge is 0.396 e. The van der Waals surface area contributed by atoms with Gasteiger partial charge < -0.3 is 9.84 Å². The highest BCUT2D eigenvalue weighted by Gasteiger charge is 2.20. The molecular weight excluding hydrogens is 280 g/mol. The number of likely N-dealkylation sites (tertiary alicyclic amines) is 1. The number of hydrogen-bond donors (Lipinski definition) is 1. The van der Waals surface area contributed by atoms with Gasteiger partial charge in [0, 0.05) is 44.3 Å². The normalized spacial score (nSPS) is 17.4. The van der Waals surface area contributed by atoms with Gasteiger partial charge in [0.2, 0.25) is 0 Å². The van der Waals surface area contributed by atoms with Crippen molar-refractivity contribution in [1.82, 2.24) is 4.90 Å². The van der Waals surface area contributed by atoms with Crippen LogP contribution in [0.4, 0.5) is 5.00 Å². The summed E-state index contributed by atoms with van der Waals surface area (Å²) >= 11 is 1.19. The van der Waals surface area contributed by atoms with Crippen LogP contribution in [0, 0.1) is 10.1 Å². The minimum absolute atomic E-state index is 0.176. The van der Waals surface area contributed by atoms with E-state index in [9.17, 15) is 10.1 Å². The first-order valence-corrected chi connectivity index (χ1v) is 7.73. The lowest BCUT2D eigenvalue weighted by Crippen LogP contribution is -2.36. The zero-order valence-corrected chi connectivity index (χ0v) is 12.2. The summed E-state index contributed by atoms with van der Waals surface area (Å²) in [6.07, 6.45) is 2.95. The molecule has 0 bridgehead atoms. The van der Waals surface area contributed by atoms with Crippen LogP contribution in [0.1, 0.15) is 24.8 Å². The van der Waals surface area contributed by atoms with Gasteiger partial charge in [0.15, 0.2) is 0 Å². The van der Waals surface area contributed by atoms with Crippen LogP contribution in [0.5, 0.6) is 0 Å². The van der Waals surface area contributed by atoms with Crippen LogP contribution in [-0.4, -0.2) is 47.3 Å². The first kappa shape index (κ1) is 15.4. The lowest BCUT2D eigenvalue weighted by atomic mass is 10.1. The highest BCUT2D eigenvalue weighted by Crippen LogP contribution is 2.24. The Hall–Kier alpha value is -1.02. The minimum atomic E-state index is -0.338. The second-order valence-electron chi connectivity index (χ2n) is 4.97. The monoisotopic (exact) mass is 300 g/mol. The van der Waals surface area contributed by atoms with Crippen molar-refractivity contribution in [2.45, 2.75) is 31.9 Å². The SMILES string of the molecule is O=[N+]([O-])c1cc(CN2CCC(OCCCO)CC2)cs1. The fourth-order valence-electron chi connectivity index (χ4n) is 2.35. The number of thiophene rings is 1. The second kappa shape index (κ2) is 7.68. The average molecular weight is 300 g/mol. The van der Waals surface area contributed by atoms with E-state index in [1.54, 1.807) is 6.07 Å². The molecule has 2 rings (SSSR count). The molecule has 1 N–H and O–H groups in total. The number of piperidine rings is 1. The highest BCUT2D eigenvalue weighted by molar-refractivity contribution is 7.13. The molecule has 0 spiro atoms. The van der Waals surface area contributed by atoms with E-state index in [-0.39, 0.29) is 22.6 Å². The van der Waals surface area contributed by atoms with Gasteiger partial charge in [-0.2, -0.15) is 0 Å². The van der Waals surface area contributed by atoms with Gasteiger partial charge in [-0.1, -0.05) is 11.3 Å². The van der Waals surface area contributed by atoms with Crippen LogP contribution in [-0.2, 0) is 11.3 Å². The molecule has 1 aromatic heterocycles. The molecule has 0 aromatic carbocycles. The zero-order valence-electron chi connectivity index (χ0n) is 11.4. The summed E-state index contributed by atoms with van der Waals surface area (Å²) in [4.78, 5) is 12.6. The van der Waals surface area contributed by atoms with Crippen LogP contribution in [0.25, 0.3) is 0 Å². The third-order valence-electron chi connectivity index (χ3n) is 3.42. The van der Waals surface area contributed by atoms with Crippen LogP contribution in [0.15, 0.2) is 11.4 Å². The molecule has 7 heteroatoms. The molecule has 1 aliphatic heterocycles. The smallest absolute Gasteiger partial charge is 0.324 e. The molecule has 6 nitrogen and oxygen atoms in total. The summed E-state index contributed by atoms with van der Waals surface area (Å²) in [5, 5.41) is 21.4. The van der Waals surface area contributed by atoms with Crippen molar-refractivity contribution >= 4 is 16.3 Å². The number of nitrogens with zero attached hydrogens (tertiary/aromatic N) is 2. The van der Waals surface area contributed by atoms with E-state index >= 15 is 0 Å². The summed E-state index contributed by atoms with van der Waals surface area (Å²) < 4.78 is 5.68. The Kier molecular flexibility index (Phi) is 5.90. The molecule has 1 aliphatic rings. The molecule has 112 valence electrons. The van der Waals surface area contributed by atoms with Crippen molar-refractivity contribution in [1.29, 1.82) is 0 Å². The average Bonchev–Trinajstić information content (AvgIpc) is 2.90. The molecule has 1 fully saturated rings. The lowest BCUT2D eigenvalue weighted by Gasteiger charge is -2.31. The van der Waals surface area contributed by atoms with Crippen LogP contribution in [0.3, 0.4) is 0 Å². The molecular formula is C13H20N2O4S. The number of ether oxygens (including phenoxy) is 1. The Balaban J connectivity index is 1.72. The number of aliphatic hydroxyl groups excluding tert-OH is 1. The van der Waals surface area contributed by atoms with E-state index < -0.39 is 0 Å². The minimum Gasteiger partial charge on any atom is -0.396 e. The molecule has 1 saturated heterocycles. The molecule has 0 radical (unpaired) electrons. The molecule has 2 heterocycles. The third kappa shape index (κ3) is 4.52. The Bertz CT molecular complexity index is 430. The maximum Gasteiger partial charge on any atom is 0.324 e. The first-order chi connectivity index (χ1) is 9.69. The van der Waals surface area contributed by atoms with Crippen molar-refractivity contribution in [2.75, 3.05) is 26.3 Å². The summed E-state index contributed by atoms with van der Waals surface area (Å²) in [6.45, 7) is 3.47. The van der Waals surface area contributed by atoms with Gasteiger partial charge in [-0.3, -0.25) is 15.0 Å². The van der Waals surface area contributed by atoms with Crippen LogP contribution < -0.4 is 0 Å². The summed E-state index contributed by atoms with van der Waals surface area (Å²) in [7, 11) is 0. The summed E-state index contributed by atoms with van der Waals surface area (Å²) in [5.74, 6) is 0. The Labute approximate surface area is 122 Å². The number of rotatable bonds is 7. The van der Waals surface area contributed by atoms with Crippen molar-refractivity contribution in [3.63, 3.8) is 0 Å². The highest BCUT2D eigenvalue weighted by atomic mass is 32.1. The van der Waals surface area contributed by atoms with E-state index in [0.29, 0.717) is 13.0 Å². The van der Waals surface area contributed by atoms with E-state index in [1.807, 2.05) is 5.38 Å².